The first-order chi connectivity index (χ1) is 8.97. The number of amides is 2. The van der Waals surface area contributed by atoms with Gasteiger partial charge in [-0.1, -0.05) is 13.8 Å². The Balaban J connectivity index is 2.29. The fourth-order valence-corrected chi connectivity index (χ4v) is 3.08. The quantitative estimate of drug-likeness (QED) is 0.833. The van der Waals surface area contributed by atoms with Crippen LogP contribution >= 0.6 is 0 Å². The SMILES string of the molecule is CCC1(CC)NC(=O)CN(C2(C)CCOCC2)C1=O. The first-order valence-corrected chi connectivity index (χ1v) is 7.18. The Morgan fingerprint density at radius 3 is 2.32 bits per heavy atom. The maximum Gasteiger partial charge on any atom is 0.249 e. The molecule has 108 valence electrons. The van der Waals surface area contributed by atoms with E-state index < -0.39 is 5.54 Å². The minimum Gasteiger partial charge on any atom is -0.381 e. The van der Waals surface area contributed by atoms with Gasteiger partial charge in [-0.3, -0.25) is 9.59 Å². The van der Waals surface area contributed by atoms with Crippen LogP contribution in [0.5, 0.6) is 0 Å². The van der Waals surface area contributed by atoms with Crippen LogP contribution < -0.4 is 5.32 Å². The number of rotatable bonds is 3. The Morgan fingerprint density at radius 1 is 1.21 bits per heavy atom. The lowest BCUT2D eigenvalue weighted by atomic mass is 9.83. The zero-order valence-corrected chi connectivity index (χ0v) is 12.1. The van der Waals surface area contributed by atoms with Gasteiger partial charge in [0.25, 0.3) is 0 Å². The van der Waals surface area contributed by atoms with Crippen molar-refractivity contribution in [3.63, 3.8) is 0 Å². The van der Waals surface area contributed by atoms with Crippen molar-refractivity contribution in [1.82, 2.24) is 10.2 Å². The molecular formula is C14H24N2O3. The lowest BCUT2D eigenvalue weighted by Gasteiger charge is -2.50. The molecule has 1 N–H and O–H groups in total. The monoisotopic (exact) mass is 268 g/mol. The fraction of sp³-hybridized carbons (Fsp3) is 0.857. The average molecular weight is 268 g/mol. The van der Waals surface area contributed by atoms with Gasteiger partial charge >= 0.3 is 0 Å². The molecule has 0 atom stereocenters. The lowest BCUT2D eigenvalue weighted by Crippen LogP contribution is -2.70. The van der Waals surface area contributed by atoms with E-state index in [9.17, 15) is 9.59 Å². The maximum absolute atomic E-state index is 12.8. The van der Waals surface area contributed by atoms with Gasteiger partial charge in [-0.05, 0) is 32.6 Å². The summed E-state index contributed by atoms with van der Waals surface area (Å²) in [5, 5.41) is 2.90. The molecule has 2 aliphatic heterocycles. The molecule has 0 radical (unpaired) electrons. The molecule has 0 aromatic carbocycles. The number of carbonyl (C=O) groups excluding carboxylic acids is 2. The van der Waals surface area contributed by atoms with Gasteiger partial charge in [0, 0.05) is 18.8 Å². The highest BCUT2D eigenvalue weighted by molar-refractivity contribution is 5.98. The van der Waals surface area contributed by atoms with Crippen molar-refractivity contribution in [3.8, 4) is 0 Å². The van der Waals surface area contributed by atoms with E-state index in [-0.39, 0.29) is 23.9 Å². The van der Waals surface area contributed by atoms with Crippen LogP contribution in [0.3, 0.4) is 0 Å². The molecule has 2 rings (SSSR count). The van der Waals surface area contributed by atoms with Crippen molar-refractivity contribution in [2.75, 3.05) is 19.8 Å². The molecule has 2 amide bonds. The molecule has 2 aliphatic rings. The molecule has 0 unspecified atom stereocenters. The number of piperazine rings is 1. The molecule has 0 saturated carbocycles. The normalized spacial score (nSPS) is 26.2. The summed E-state index contributed by atoms with van der Waals surface area (Å²) in [5.74, 6) is 0.0255. The third-order valence-electron chi connectivity index (χ3n) is 4.76. The highest BCUT2D eigenvalue weighted by Crippen LogP contribution is 2.33. The number of carbonyl (C=O) groups is 2. The van der Waals surface area contributed by atoms with Gasteiger partial charge in [0.1, 0.15) is 12.1 Å². The van der Waals surface area contributed by atoms with Crippen LogP contribution in [-0.4, -0.2) is 47.6 Å². The zero-order valence-electron chi connectivity index (χ0n) is 12.1. The minimum absolute atomic E-state index is 0.0454. The van der Waals surface area contributed by atoms with Crippen molar-refractivity contribution in [2.24, 2.45) is 0 Å². The number of hydrogen-bond acceptors (Lipinski definition) is 3. The van der Waals surface area contributed by atoms with E-state index in [2.05, 4.69) is 12.2 Å². The Morgan fingerprint density at radius 2 is 1.79 bits per heavy atom. The Bertz CT molecular complexity index is 371. The third kappa shape index (κ3) is 2.36. The van der Waals surface area contributed by atoms with Gasteiger partial charge in [-0.15, -0.1) is 0 Å². The molecule has 0 aromatic heterocycles. The predicted octanol–water partition coefficient (Wildman–Crippen LogP) is 1.07. The van der Waals surface area contributed by atoms with Gasteiger partial charge in [0.15, 0.2) is 0 Å². The standard InChI is InChI=1S/C14H24N2O3/c1-4-14(5-2)12(18)16(10-11(17)15-14)13(3)6-8-19-9-7-13/h4-10H2,1-3H3,(H,15,17). The predicted molar refractivity (Wildman–Crippen MR) is 71.6 cm³/mol. The highest BCUT2D eigenvalue weighted by Gasteiger charge is 2.49. The zero-order chi connectivity index (χ0) is 14.1. The molecule has 0 bridgehead atoms. The molecule has 5 heteroatoms. The van der Waals surface area contributed by atoms with Crippen LogP contribution in [0.15, 0.2) is 0 Å². The van der Waals surface area contributed by atoms with Crippen LogP contribution in [-0.2, 0) is 14.3 Å². The largest absolute Gasteiger partial charge is 0.381 e. The second kappa shape index (κ2) is 5.12. The summed E-state index contributed by atoms with van der Waals surface area (Å²) in [6, 6.07) is 0. The van der Waals surface area contributed by atoms with Crippen LogP contribution in [0.2, 0.25) is 0 Å². The van der Waals surface area contributed by atoms with Crippen molar-refractivity contribution in [1.29, 1.82) is 0 Å². The number of nitrogens with zero attached hydrogens (tertiary/aromatic N) is 1. The molecular weight excluding hydrogens is 244 g/mol. The molecule has 2 heterocycles. The maximum atomic E-state index is 12.8. The topological polar surface area (TPSA) is 58.6 Å². The van der Waals surface area contributed by atoms with E-state index in [1.165, 1.54) is 0 Å². The lowest BCUT2D eigenvalue weighted by molar-refractivity contribution is -0.160. The second-order valence-corrected chi connectivity index (χ2v) is 5.84. The molecule has 0 aliphatic carbocycles. The van der Waals surface area contributed by atoms with Gasteiger partial charge in [-0.2, -0.15) is 0 Å². The smallest absolute Gasteiger partial charge is 0.249 e. The average Bonchev–Trinajstić information content (AvgIpc) is 2.42. The second-order valence-electron chi connectivity index (χ2n) is 5.84. The molecule has 2 saturated heterocycles. The van der Waals surface area contributed by atoms with Crippen molar-refractivity contribution < 1.29 is 14.3 Å². The fourth-order valence-electron chi connectivity index (χ4n) is 3.08. The van der Waals surface area contributed by atoms with Crippen LogP contribution in [0, 0.1) is 0 Å². The van der Waals surface area contributed by atoms with Crippen molar-refractivity contribution in [3.05, 3.63) is 0 Å². The van der Waals surface area contributed by atoms with Gasteiger partial charge in [0.05, 0.1) is 0 Å². The summed E-state index contributed by atoms with van der Waals surface area (Å²) in [4.78, 5) is 26.6. The first-order valence-electron chi connectivity index (χ1n) is 7.18. The van der Waals surface area contributed by atoms with Gasteiger partial charge in [-0.25, -0.2) is 0 Å². The van der Waals surface area contributed by atoms with Crippen molar-refractivity contribution in [2.45, 2.75) is 57.5 Å². The Kier molecular flexibility index (Phi) is 3.85. The van der Waals surface area contributed by atoms with E-state index in [0.717, 1.165) is 12.8 Å². The highest BCUT2D eigenvalue weighted by atomic mass is 16.5. The Hall–Kier alpha value is -1.10. The van der Waals surface area contributed by atoms with E-state index >= 15 is 0 Å². The van der Waals surface area contributed by atoms with Crippen LogP contribution in [0.25, 0.3) is 0 Å². The summed E-state index contributed by atoms with van der Waals surface area (Å²) in [6.07, 6.45) is 2.87. The number of hydrogen-bond donors (Lipinski definition) is 1. The van der Waals surface area contributed by atoms with E-state index in [0.29, 0.717) is 26.1 Å². The van der Waals surface area contributed by atoms with E-state index in [1.54, 1.807) is 4.90 Å². The third-order valence-corrected chi connectivity index (χ3v) is 4.76. The van der Waals surface area contributed by atoms with Gasteiger partial charge in [0.2, 0.25) is 11.8 Å². The molecule has 19 heavy (non-hydrogen) atoms. The molecule has 5 nitrogen and oxygen atoms in total. The van der Waals surface area contributed by atoms with E-state index in [4.69, 9.17) is 4.74 Å². The summed E-state index contributed by atoms with van der Waals surface area (Å²) in [5.41, 5.74) is -0.959. The number of nitrogens with one attached hydrogen (secondary N) is 1. The Labute approximate surface area is 114 Å². The minimum atomic E-state index is -0.712. The van der Waals surface area contributed by atoms with Crippen LogP contribution in [0.4, 0.5) is 0 Å². The van der Waals surface area contributed by atoms with Gasteiger partial charge < -0.3 is 15.0 Å². The summed E-state index contributed by atoms with van der Waals surface area (Å²) >= 11 is 0. The molecule has 2 fully saturated rings. The number of ether oxygens (including phenoxy) is 1. The van der Waals surface area contributed by atoms with Crippen LogP contribution in [0.1, 0.15) is 46.5 Å². The summed E-state index contributed by atoms with van der Waals surface area (Å²) < 4.78 is 5.38. The molecule has 0 spiro atoms. The summed E-state index contributed by atoms with van der Waals surface area (Å²) in [6.45, 7) is 7.48. The van der Waals surface area contributed by atoms with E-state index in [1.807, 2.05) is 13.8 Å². The van der Waals surface area contributed by atoms with Crippen molar-refractivity contribution >= 4 is 11.8 Å². The first kappa shape index (κ1) is 14.3. The summed E-state index contributed by atoms with van der Waals surface area (Å²) in [7, 11) is 0. The molecule has 0 aromatic rings.